The molecule has 4 rings (SSSR count). The fourth-order valence-corrected chi connectivity index (χ4v) is 3.22. The smallest absolute Gasteiger partial charge is 0.251 e. The Labute approximate surface area is 128 Å². The monoisotopic (exact) mass is 297 g/mol. The number of aromatic nitrogens is 4. The summed E-state index contributed by atoms with van der Waals surface area (Å²) in [5, 5.41) is 17.2. The Hall–Kier alpha value is -2.24. The highest BCUT2D eigenvalue weighted by Crippen LogP contribution is 2.39. The van der Waals surface area contributed by atoms with Crippen molar-refractivity contribution >= 4 is 5.91 Å². The Balaban J connectivity index is 1.53. The number of nitrogens with one attached hydrogen (secondary N) is 2. The number of hydrogen-bond acceptors (Lipinski definition) is 4. The minimum atomic E-state index is -0.137. The van der Waals surface area contributed by atoms with E-state index in [0.29, 0.717) is 11.7 Å². The number of aromatic amines is 1. The highest BCUT2D eigenvalue weighted by atomic mass is 16.1. The number of fused-ring (bicyclic) bond motifs is 1. The molecule has 1 aromatic heterocycles. The minimum absolute atomic E-state index is 0.0462. The molecule has 0 saturated heterocycles. The first-order chi connectivity index (χ1) is 10.8. The van der Waals surface area contributed by atoms with Crippen molar-refractivity contribution in [1.82, 2.24) is 25.9 Å². The van der Waals surface area contributed by atoms with Crippen LogP contribution in [-0.2, 0) is 12.8 Å². The zero-order valence-corrected chi connectivity index (χ0v) is 12.4. The maximum atomic E-state index is 12.6. The van der Waals surface area contributed by atoms with Gasteiger partial charge in [0, 0.05) is 5.56 Å². The van der Waals surface area contributed by atoms with Crippen LogP contribution in [0.2, 0.25) is 0 Å². The molecule has 1 unspecified atom stereocenters. The molecular formula is C16H19N5O. The number of carbonyl (C=O) groups excluding carboxylic acids is 1. The Bertz CT molecular complexity index is 678. The molecule has 1 saturated carbocycles. The fourth-order valence-electron chi connectivity index (χ4n) is 3.22. The van der Waals surface area contributed by atoms with Crippen LogP contribution in [0.1, 0.15) is 59.0 Å². The van der Waals surface area contributed by atoms with Crippen molar-refractivity contribution in [2.75, 3.05) is 0 Å². The van der Waals surface area contributed by atoms with Gasteiger partial charge in [0.15, 0.2) is 5.82 Å². The van der Waals surface area contributed by atoms with Crippen LogP contribution < -0.4 is 5.32 Å². The normalized spacial score (nSPS) is 18.5. The van der Waals surface area contributed by atoms with Gasteiger partial charge >= 0.3 is 0 Å². The van der Waals surface area contributed by atoms with E-state index in [0.717, 1.165) is 31.2 Å². The highest BCUT2D eigenvalue weighted by Gasteiger charge is 2.36. The topological polar surface area (TPSA) is 83.6 Å². The largest absolute Gasteiger partial charge is 0.342 e. The second kappa shape index (κ2) is 5.51. The van der Waals surface area contributed by atoms with Crippen LogP contribution in [0.3, 0.4) is 0 Å². The van der Waals surface area contributed by atoms with Gasteiger partial charge in [-0.2, -0.15) is 5.21 Å². The standard InChI is InChI=1S/C16H19N5O/c22-16(13-8-5-10-3-1-2-4-12(10)9-13)17-14(11-6-7-11)15-18-20-21-19-15/h5,8-9,11,14H,1-4,6-7H2,(H,17,22)(H,18,19,20,21). The van der Waals surface area contributed by atoms with E-state index < -0.39 is 0 Å². The van der Waals surface area contributed by atoms with Gasteiger partial charge in [-0.1, -0.05) is 11.3 Å². The average molecular weight is 297 g/mol. The third kappa shape index (κ3) is 2.61. The molecule has 114 valence electrons. The molecule has 0 spiro atoms. The predicted molar refractivity (Wildman–Crippen MR) is 80.2 cm³/mol. The Morgan fingerprint density at radius 1 is 1.23 bits per heavy atom. The quantitative estimate of drug-likeness (QED) is 0.903. The van der Waals surface area contributed by atoms with Gasteiger partial charge in [-0.15, -0.1) is 10.2 Å². The molecule has 6 heteroatoms. The SMILES string of the molecule is O=C(NC(c1nn[nH]n1)C1CC1)c1ccc2c(c1)CCCC2. The van der Waals surface area contributed by atoms with Crippen LogP contribution in [0.4, 0.5) is 0 Å². The predicted octanol–water partition coefficient (Wildman–Crippen LogP) is 1.96. The number of hydrogen-bond donors (Lipinski definition) is 2. The Morgan fingerprint density at radius 2 is 2.05 bits per heavy atom. The minimum Gasteiger partial charge on any atom is -0.342 e. The van der Waals surface area contributed by atoms with Crippen LogP contribution >= 0.6 is 0 Å². The summed E-state index contributed by atoms with van der Waals surface area (Å²) in [4.78, 5) is 12.6. The molecule has 0 radical (unpaired) electrons. The van der Waals surface area contributed by atoms with E-state index in [1.54, 1.807) is 0 Å². The number of rotatable bonds is 4. The van der Waals surface area contributed by atoms with Crippen molar-refractivity contribution in [3.05, 3.63) is 40.7 Å². The van der Waals surface area contributed by atoms with Gasteiger partial charge in [0.25, 0.3) is 5.91 Å². The summed E-state index contributed by atoms with van der Waals surface area (Å²) in [5.74, 6) is 0.961. The number of benzene rings is 1. The van der Waals surface area contributed by atoms with Crippen molar-refractivity contribution in [3.63, 3.8) is 0 Å². The van der Waals surface area contributed by atoms with Gasteiger partial charge in [-0.05, 0) is 67.7 Å². The zero-order valence-electron chi connectivity index (χ0n) is 12.4. The molecule has 2 N–H and O–H groups in total. The fraction of sp³-hybridized carbons (Fsp3) is 0.500. The Kier molecular flexibility index (Phi) is 3.36. The lowest BCUT2D eigenvalue weighted by Gasteiger charge is -2.18. The van der Waals surface area contributed by atoms with Crippen molar-refractivity contribution in [1.29, 1.82) is 0 Å². The second-order valence-corrected chi connectivity index (χ2v) is 6.25. The van der Waals surface area contributed by atoms with Crippen LogP contribution in [0.5, 0.6) is 0 Å². The summed E-state index contributed by atoms with van der Waals surface area (Å²) < 4.78 is 0. The molecule has 2 aliphatic rings. The van der Waals surface area contributed by atoms with Crippen LogP contribution in [-0.4, -0.2) is 26.5 Å². The first kappa shape index (κ1) is 13.4. The lowest BCUT2D eigenvalue weighted by Crippen LogP contribution is -2.31. The summed E-state index contributed by atoms with van der Waals surface area (Å²) in [7, 11) is 0. The molecule has 6 nitrogen and oxygen atoms in total. The number of amides is 1. The zero-order chi connectivity index (χ0) is 14.9. The number of carbonyl (C=O) groups is 1. The number of H-pyrrole nitrogens is 1. The van der Waals surface area contributed by atoms with E-state index in [4.69, 9.17) is 0 Å². The van der Waals surface area contributed by atoms with E-state index in [-0.39, 0.29) is 11.9 Å². The van der Waals surface area contributed by atoms with Crippen molar-refractivity contribution in [3.8, 4) is 0 Å². The van der Waals surface area contributed by atoms with E-state index in [1.165, 1.54) is 24.0 Å². The van der Waals surface area contributed by atoms with Gasteiger partial charge in [0.05, 0.1) is 6.04 Å². The third-order valence-electron chi connectivity index (χ3n) is 4.63. The molecule has 1 fully saturated rings. The summed E-state index contributed by atoms with van der Waals surface area (Å²) in [6, 6.07) is 5.94. The molecule has 0 aliphatic heterocycles. The molecule has 1 amide bonds. The maximum Gasteiger partial charge on any atom is 0.251 e. The number of tetrazole rings is 1. The van der Waals surface area contributed by atoms with Gasteiger partial charge in [-0.25, -0.2) is 0 Å². The van der Waals surface area contributed by atoms with Crippen LogP contribution in [0.25, 0.3) is 0 Å². The summed E-state index contributed by atoms with van der Waals surface area (Å²) in [5.41, 5.74) is 3.44. The van der Waals surface area contributed by atoms with Gasteiger partial charge in [0.2, 0.25) is 0 Å². The average Bonchev–Trinajstić information content (AvgIpc) is 3.26. The maximum absolute atomic E-state index is 12.6. The molecule has 1 atom stereocenters. The molecule has 2 aromatic rings. The molecule has 2 aliphatic carbocycles. The van der Waals surface area contributed by atoms with Gasteiger partial charge in [0.1, 0.15) is 0 Å². The van der Waals surface area contributed by atoms with E-state index in [9.17, 15) is 4.79 Å². The molecular weight excluding hydrogens is 278 g/mol. The summed E-state index contributed by atoms with van der Waals surface area (Å²) in [6.45, 7) is 0. The van der Waals surface area contributed by atoms with Gasteiger partial charge in [-0.3, -0.25) is 4.79 Å². The summed E-state index contributed by atoms with van der Waals surface area (Å²) >= 11 is 0. The third-order valence-corrected chi connectivity index (χ3v) is 4.63. The van der Waals surface area contributed by atoms with E-state index in [2.05, 4.69) is 32.0 Å². The van der Waals surface area contributed by atoms with Crippen molar-refractivity contribution in [2.24, 2.45) is 5.92 Å². The molecule has 1 aromatic carbocycles. The molecule has 22 heavy (non-hydrogen) atoms. The lowest BCUT2D eigenvalue weighted by molar-refractivity contribution is 0.0929. The number of nitrogens with zero attached hydrogens (tertiary/aromatic N) is 3. The van der Waals surface area contributed by atoms with Crippen LogP contribution in [0.15, 0.2) is 18.2 Å². The second-order valence-electron chi connectivity index (χ2n) is 6.25. The van der Waals surface area contributed by atoms with Gasteiger partial charge < -0.3 is 5.32 Å². The molecule has 1 heterocycles. The van der Waals surface area contributed by atoms with Crippen molar-refractivity contribution in [2.45, 2.75) is 44.6 Å². The summed E-state index contributed by atoms with van der Waals surface area (Å²) in [6.07, 6.45) is 6.87. The van der Waals surface area contributed by atoms with Crippen molar-refractivity contribution < 1.29 is 4.79 Å². The number of aryl methyl sites for hydroxylation is 2. The van der Waals surface area contributed by atoms with E-state index in [1.807, 2.05) is 12.1 Å². The Morgan fingerprint density at radius 3 is 2.77 bits per heavy atom. The molecule has 0 bridgehead atoms. The first-order valence-corrected chi connectivity index (χ1v) is 7.97. The first-order valence-electron chi connectivity index (χ1n) is 7.97. The lowest BCUT2D eigenvalue weighted by atomic mass is 9.90. The van der Waals surface area contributed by atoms with Crippen LogP contribution in [0, 0.1) is 5.92 Å². The van der Waals surface area contributed by atoms with E-state index >= 15 is 0 Å². The highest BCUT2D eigenvalue weighted by molar-refractivity contribution is 5.94.